The molecule has 1 aliphatic rings. The van der Waals surface area contributed by atoms with E-state index in [1.165, 1.54) is 36.5 Å². The van der Waals surface area contributed by atoms with Gasteiger partial charge in [0.25, 0.3) is 0 Å². The molecule has 0 aliphatic heterocycles. The van der Waals surface area contributed by atoms with E-state index in [-0.39, 0.29) is 48.0 Å². The molecular formula is C32H26F4N4O3. The predicted molar refractivity (Wildman–Crippen MR) is 150 cm³/mol. The van der Waals surface area contributed by atoms with Crippen molar-refractivity contribution in [1.29, 1.82) is 0 Å². The molecule has 2 heterocycles. The van der Waals surface area contributed by atoms with Crippen LogP contribution in [0.25, 0.3) is 22.3 Å². The van der Waals surface area contributed by atoms with Gasteiger partial charge in [0.05, 0.1) is 29.0 Å². The summed E-state index contributed by atoms with van der Waals surface area (Å²) in [7, 11) is 0. The molecule has 220 valence electrons. The second-order valence-corrected chi connectivity index (χ2v) is 11.0. The summed E-state index contributed by atoms with van der Waals surface area (Å²) >= 11 is 0. The van der Waals surface area contributed by atoms with Crippen molar-refractivity contribution < 1.29 is 32.2 Å². The van der Waals surface area contributed by atoms with Crippen molar-refractivity contribution in [2.75, 3.05) is 6.67 Å². The number of imidazole rings is 1. The predicted octanol–water partition coefficient (Wildman–Crippen LogP) is 6.84. The van der Waals surface area contributed by atoms with Gasteiger partial charge in [-0.1, -0.05) is 12.1 Å². The maximum atomic E-state index is 15.5. The Morgan fingerprint density at radius 3 is 2.44 bits per heavy atom. The first-order valence-corrected chi connectivity index (χ1v) is 13.6. The number of fused-ring (bicyclic) bond motifs is 1. The van der Waals surface area contributed by atoms with E-state index in [0.717, 1.165) is 17.7 Å². The summed E-state index contributed by atoms with van der Waals surface area (Å²) in [5, 5.41) is 9.46. The van der Waals surface area contributed by atoms with Gasteiger partial charge < -0.3 is 14.4 Å². The molecule has 1 N–H and O–H groups in total. The van der Waals surface area contributed by atoms with Crippen LogP contribution in [0.5, 0.6) is 6.01 Å². The molecule has 0 spiro atoms. The number of hydrogen-bond donors (Lipinski definition) is 1. The molecule has 0 atom stereocenters. The number of rotatable bonds is 10. The first kappa shape index (κ1) is 28.3. The molecule has 5 aromatic rings. The number of aryl methyl sites for hydroxylation is 1. The largest absolute Gasteiger partial charge is 0.478 e. The van der Waals surface area contributed by atoms with Crippen molar-refractivity contribution in [3.05, 3.63) is 106 Å². The highest BCUT2D eigenvalue weighted by molar-refractivity contribution is 5.92. The maximum Gasteiger partial charge on any atom is 0.335 e. The van der Waals surface area contributed by atoms with Gasteiger partial charge in [-0.05, 0) is 67.8 Å². The summed E-state index contributed by atoms with van der Waals surface area (Å²) in [6.45, 7) is 1.30. The van der Waals surface area contributed by atoms with Gasteiger partial charge in [-0.25, -0.2) is 27.9 Å². The van der Waals surface area contributed by atoms with E-state index < -0.39 is 35.5 Å². The Morgan fingerprint density at radius 2 is 1.77 bits per heavy atom. The molecule has 43 heavy (non-hydrogen) atoms. The van der Waals surface area contributed by atoms with E-state index in [1.807, 2.05) is 0 Å². The van der Waals surface area contributed by atoms with E-state index in [0.29, 0.717) is 35.3 Å². The Morgan fingerprint density at radius 1 is 1.00 bits per heavy atom. The van der Waals surface area contributed by atoms with E-state index >= 15 is 8.78 Å². The lowest BCUT2D eigenvalue weighted by molar-refractivity contribution is 0.0697. The zero-order valence-electron chi connectivity index (χ0n) is 23.1. The fourth-order valence-corrected chi connectivity index (χ4v) is 5.02. The van der Waals surface area contributed by atoms with Gasteiger partial charge in [0.1, 0.15) is 29.9 Å². The average Bonchev–Trinajstić information content (AvgIpc) is 3.69. The van der Waals surface area contributed by atoms with Crippen molar-refractivity contribution in [3.63, 3.8) is 0 Å². The van der Waals surface area contributed by atoms with Gasteiger partial charge in [0.15, 0.2) is 0 Å². The van der Waals surface area contributed by atoms with Crippen LogP contribution >= 0.6 is 0 Å². The number of hydrogen-bond acceptors (Lipinski definition) is 5. The molecule has 0 unspecified atom stereocenters. The van der Waals surface area contributed by atoms with Crippen molar-refractivity contribution in [3.8, 4) is 17.3 Å². The monoisotopic (exact) mass is 590 g/mol. The fraction of sp³-hybridized carbons (Fsp3) is 0.250. The Bertz CT molecular complexity index is 1850. The summed E-state index contributed by atoms with van der Waals surface area (Å²) in [5.41, 5.74) is 1.52. The average molecular weight is 591 g/mol. The van der Waals surface area contributed by atoms with Crippen LogP contribution in [0.3, 0.4) is 0 Å². The lowest BCUT2D eigenvalue weighted by Gasteiger charge is -2.16. The number of ether oxygens (including phenoxy) is 1. The van der Waals surface area contributed by atoms with Crippen LogP contribution in [-0.4, -0.2) is 37.3 Å². The molecule has 2 aromatic heterocycles. The summed E-state index contributed by atoms with van der Waals surface area (Å²) in [6.07, 6.45) is 2.45. The molecule has 0 radical (unpaired) electrons. The van der Waals surface area contributed by atoms with Crippen LogP contribution in [0, 0.1) is 29.8 Å². The van der Waals surface area contributed by atoms with Gasteiger partial charge in [0, 0.05) is 41.3 Å². The molecule has 1 saturated carbocycles. The number of nitrogens with zero attached hydrogens (tertiary/aromatic N) is 4. The van der Waals surface area contributed by atoms with Crippen LogP contribution in [0.4, 0.5) is 17.6 Å². The fourth-order valence-electron chi connectivity index (χ4n) is 5.02. The van der Waals surface area contributed by atoms with Gasteiger partial charge in [-0.3, -0.25) is 4.39 Å². The first-order valence-electron chi connectivity index (χ1n) is 13.6. The number of carboxylic acid groups (broad SMARTS) is 1. The minimum Gasteiger partial charge on any atom is -0.478 e. The quantitative estimate of drug-likeness (QED) is 0.179. The van der Waals surface area contributed by atoms with Gasteiger partial charge in [-0.2, -0.15) is 4.98 Å². The summed E-state index contributed by atoms with van der Waals surface area (Å²) in [4.78, 5) is 24.4. The smallest absolute Gasteiger partial charge is 0.335 e. The molecule has 11 heteroatoms. The van der Waals surface area contributed by atoms with E-state index in [9.17, 15) is 18.7 Å². The van der Waals surface area contributed by atoms with Gasteiger partial charge in [0.2, 0.25) is 0 Å². The Hall–Kier alpha value is -4.80. The second-order valence-electron chi connectivity index (χ2n) is 11.0. The van der Waals surface area contributed by atoms with E-state index in [2.05, 4.69) is 15.0 Å². The second kappa shape index (κ2) is 11.1. The number of carbonyl (C=O) groups is 1. The third-order valence-electron chi connectivity index (χ3n) is 7.78. The molecular weight excluding hydrogens is 564 g/mol. The molecule has 1 aliphatic carbocycles. The van der Waals surface area contributed by atoms with Crippen LogP contribution in [0.1, 0.15) is 45.7 Å². The molecule has 1 fully saturated rings. The van der Waals surface area contributed by atoms with Crippen molar-refractivity contribution in [1.82, 2.24) is 19.5 Å². The zero-order chi connectivity index (χ0) is 30.3. The first-order chi connectivity index (χ1) is 20.6. The maximum absolute atomic E-state index is 15.5. The molecule has 0 bridgehead atoms. The molecule has 0 amide bonds. The number of benzene rings is 3. The van der Waals surface area contributed by atoms with Crippen LogP contribution in [0.15, 0.2) is 60.8 Å². The number of carboxylic acids is 1. The normalized spacial score (nSPS) is 13.8. The highest BCUT2D eigenvalue weighted by atomic mass is 19.1. The minimum absolute atomic E-state index is 0.0317. The van der Waals surface area contributed by atoms with Crippen LogP contribution < -0.4 is 4.74 Å². The Kier molecular flexibility index (Phi) is 7.33. The lowest BCUT2D eigenvalue weighted by atomic mass is 10.0. The molecule has 7 nitrogen and oxygen atoms in total. The van der Waals surface area contributed by atoms with Gasteiger partial charge >= 0.3 is 12.0 Å². The standard InChI is InChI=1S/C32H26F4N4O3/c1-18-2-3-20(23(34)10-18)15-43-31-37-9-6-26(39-31)21-11-24(35)22(25(36)12-21)14-29-38-27-5-4-19(30(41)42)13-28(27)40(29)17-32(16-33)7-8-32/h2-6,9-13H,7-8,14-17H2,1H3,(H,41,42). The highest BCUT2D eigenvalue weighted by Gasteiger charge is 2.44. The third-order valence-corrected chi connectivity index (χ3v) is 7.78. The third kappa shape index (κ3) is 5.79. The van der Waals surface area contributed by atoms with Crippen molar-refractivity contribution >= 4 is 17.0 Å². The minimum atomic E-state index is -1.13. The summed E-state index contributed by atoms with van der Waals surface area (Å²) < 4.78 is 66.2. The topological polar surface area (TPSA) is 90.1 Å². The lowest BCUT2D eigenvalue weighted by Crippen LogP contribution is -2.17. The Balaban J connectivity index is 1.28. The van der Waals surface area contributed by atoms with E-state index in [1.54, 1.807) is 23.6 Å². The zero-order valence-corrected chi connectivity index (χ0v) is 23.1. The van der Waals surface area contributed by atoms with Crippen molar-refractivity contribution in [2.45, 2.75) is 39.3 Å². The summed E-state index contributed by atoms with van der Waals surface area (Å²) in [6, 6.07) is 12.8. The van der Waals surface area contributed by atoms with Crippen LogP contribution in [-0.2, 0) is 19.6 Å². The number of alkyl halides is 1. The van der Waals surface area contributed by atoms with Crippen molar-refractivity contribution in [2.24, 2.45) is 5.41 Å². The van der Waals surface area contributed by atoms with E-state index in [4.69, 9.17) is 4.74 Å². The SMILES string of the molecule is Cc1ccc(COc2nccc(-c3cc(F)c(Cc4nc5ccc(C(=O)O)cc5n4CC4(CF)CC4)c(F)c3)n2)c(F)c1. The molecule has 6 rings (SSSR count). The highest BCUT2D eigenvalue weighted by Crippen LogP contribution is 2.48. The number of aromatic nitrogens is 4. The summed E-state index contributed by atoms with van der Waals surface area (Å²) in [5.74, 6) is -2.94. The Labute approximate surface area is 243 Å². The molecule has 3 aromatic carbocycles. The molecule has 0 saturated heterocycles. The van der Waals surface area contributed by atoms with Crippen LogP contribution in [0.2, 0.25) is 0 Å². The number of aromatic carboxylic acids is 1. The van der Waals surface area contributed by atoms with Gasteiger partial charge in [-0.15, -0.1) is 0 Å². The number of halogens is 4.